The van der Waals surface area contributed by atoms with Gasteiger partial charge in [0.2, 0.25) is 0 Å². The van der Waals surface area contributed by atoms with Crippen LogP contribution in [-0.4, -0.2) is 19.3 Å². The van der Waals surface area contributed by atoms with Gasteiger partial charge in [0.05, 0.1) is 10.6 Å². The van der Waals surface area contributed by atoms with Crippen LogP contribution in [0.5, 0.6) is 0 Å². The average Bonchev–Trinajstić information content (AvgIpc) is 3.44. The number of nitrogens with zero attached hydrogens (tertiary/aromatic N) is 1. The Balaban J connectivity index is 1.61. The summed E-state index contributed by atoms with van der Waals surface area (Å²) in [5, 5.41) is 0. The van der Waals surface area contributed by atoms with E-state index >= 15 is 0 Å². The summed E-state index contributed by atoms with van der Waals surface area (Å²) in [6.45, 7) is 4.82. The normalized spacial score (nSPS) is 22.4. The van der Waals surface area contributed by atoms with Crippen molar-refractivity contribution in [2.75, 3.05) is 6.54 Å². The Morgan fingerprint density at radius 1 is 1.07 bits per heavy atom. The first-order valence-electron chi connectivity index (χ1n) is 11.0. The highest BCUT2D eigenvalue weighted by molar-refractivity contribution is 7.89. The van der Waals surface area contributed by atoms with E-state index in [2.05, 4.69) is 13.0 Å². The Labute approximate surface area is 170 Å². The first kappa shape index (κ1) is 19.8. The minimum atomic E-state index is -3.48. The molecule has 28 heavy (non-hydrogen) atoms. The molecule has 2 aliphatic carbocycles. The minimum Gasteiger partial charge on any atom is -0.266 e. The van der Waals surface area contributed by atoms with E-state index < -0.39 is 10.0 Å². The van der Waals surface area contributed by atoms with Crippen molar-refractivity contribution in [3.05, 3.63) is 52.7 Å². The second-order valence-electron chi connectivity index (χ2n) is 8.80. The van der Waals surface area contributed by atoms with Crippen LogP contribution in [0.2, 0.25) is 0 Å². The molecule has 0 amide bonds. The van der Waals surface area contributed by atoms with Crippen molar-refractivity contribution < 1.29 is 8.42 Å². The molecule has 3 nitrogen and oxygen atoms in total. The standard InChI is InChI=1S/C24H33NO2S/c1-3-4-5-6-7-20-16-22(19-10-11-19)17-21-14-15-25(24(20)21)28(26,27)23-12-8-18(2)9-13-23/h8-9,12-13,16,19,22H,3-7,10-11,14-15,17H2,1-2H3. The van der Waals surface area contributed by atoms with Crippen LogP contribution < -0.4 is 0 Å². The lowest BCUT2D eigenvalue weighted by molar-refractivity contribution is 0.495. The summed E-state index contributed by atoms with van der Waals surface area (Å²) >= 11 is 0. The van der Waals surface area contributed by atoms with Crippen LogP contribution in [0.25, 0.3) is 0 Å². The molecule has 1 aromatic rings. The number of hydrogen-bond donors (Lipinski definition) is 0. The summed E-state index contributed by atoms with van der Waals surface area (Å²) in [5.74, 6) is 1.48. The van der Waals surface area contributed by atoms with Gasteiger partial charge < -0.3 is 0 Å². The zero-order valence-electron chi connectivity index (χ0n) is 17.3. The lowest BCUT2D eigenvalue weighted by Crippen LogP contribution is -2.29. The summed E-state index contributed by atoms with van der Waals surface area (Å²) in [5.41, 5.74) is 4.83. The van der Waals surface area contributed by atoms with Gasteiger partial charge in [-0.3, -0.25) is 4.31 Å². The van der Waals surface area contributed by atoms with Gasteiger partial charge in [-0.15, -0.1) is 0 Å². The van der Waals surface area contributed by atoms with E-state index in [4.69, 9.17) is 0 Å². The largest absolute Gasteiger partial charge is 0.266 e. The highest BCUT2D eigenvalue weighted by Crippen LogP contribution is 2.48. The number of benzene rings is 1. The molecule has 4 heteroatoms. The van der Waals surface area contributed by atoms with Crippen molar-refractivity contribution in [1.29, 1.82) is 0 Å². The highest BCUT2D eigenvalue weighted by atomic mass is 32.2. The number of rotatable bonds is 8. The second kappa shape index (κ2) is 8.06. The molecule has 1 atom stereocenters. The Bertz CT molecular complexity index is 876. The third-order valence-electron chi connectivity index (χ3n) is 6.54. The van der Waals surface area contributed by atoms with Gasteiger partial charge >= 0.3 is 0 Å². The van der Waals surface area contributed by atoms with Gasteiger partial charge in [0, 0.05) is 6.54 Å². The van der Waals surface area contributed by atoms with Crippen LogP contribution in [0.4, 0.5) is 0 Å². The van der Waals surface area contributed by atoms with Crippen LogP contribution in [0.1, 0.15) is 70.3 Å². The van der Waals surface area contributed by atoms with Gasteiger partial charge in [0.25, 0.3) is 10.0 Å². The van der Waals surface area contributed by atoms with Crippen molar-refractivity contribution in [3.8, 4) is 0 Å². The van der Waals surface area contributed by atoms with E-state index in [0.717, 1.165) is 42.9 Å². The van der Waals surface area contributed by atoms with Crippen LogP contribution >= 0.6 is 0 Å². The van der Waals surface area contributed by atoms with E-state index in [9.17, 15) is 8.42 Å². The monoisotopic (exact) mass is 399 g/mol. The molecule has 0 N–H and O–H groups in total. The quantitative estimate of drug-likeness (QED) is 0.505. The van der Waals surface area contributed by atoms with Gasteiger partial charge in [0.15, 0.2) is 0 Å². The maximum Gasteiger partial charge on any atom is 0.264 e. The topological polar surface area (TPSA) is 37.4 Å². The molecule has 1 heterocycles. The number of allylic oxidation sites excluding steroid dienone is 2. The third-order valence-corrected chi connectivity index (χ3v) is 8.35. The van der Waals surface area contributed by atoms with Gasteiger partial charge in [-0.2, -0.15) is 0 Å². The summed E-state index contributed by atoms with van der Waals surface area (Å²) in [6.07, 6.45) is 13.0. The predicted molar refractivity (Wildman–Crippen MR) is 114 cm³/mol. The number of sulfonamides is 1. The molecule has 0 bridgehead atoms. The lowest BCUT2D eigenvalue weighted by atomic mass is 9.83. The van der Waals surface area contributed by atoms with Gasteiger partial charge in [-0.1, -0.05) is 50.0 Å². The summed E-state index contributed by atoms with van der Waals surface area (Å²) in [6, 6.07) is 7.29. The maximum atomic E-state index is 13.4. The minimum absolute atomic E-state index is 0.418. The fourth-order valence-corrected chi connectivity index (χ4v) is 6.31. The van der Waals surface area contributed by atoms with E-state index in [1.807, 2.05) is 19.1 Å². The summed E-state index contributed by atoms with van der Waals surface area (Å²) < 4.78 is 28.6. The smallest absolute Gasteiger partial charge is 0.264 e. The van der Waals surface area contributed by atoms with Gasteiger partial charge in [0.1, 0.15) is 0 Å². The Kier molecular flexibility index (Phi) is 5.69. The average molecular weight is 400 g/mol. The molecule has 0 radical (unpaired) electrons. The molecule has 152 valence electrons. The van der Waals surface area contributed by atoms with Crippen molar-refractivity contribution in [2.24, 2.45) is 11.8 Å². The van der Waals surface area contributed by atoms with E-state index in [0.29, 0.717) is 17.4 Å². The van der Waals surface area contributed by atoms with Gasteiger partial charge in [-0.05, 0) is 80.6 Å². The zero-order valence-corrected chi connectivity index (χ0v) is 18.1. The fraction of sp³-hybridized carbons (Fsp3) is 0.583. The van der Waals surface area contributed by atoms with E-state index in [-0.39, 0.29) is 0 Å². The molecule has 1 aromatic carbocycles. The van der Waals surface area contributed by atoms with Gasteiger partial charge in [-0.25, -0.2) is 8.42 Å². The third kappa shape index (κ3) is 3.94. The van der Waals surface area contributed by atoms with Crippen molar-refractivity contribution in [3.63, 3.8) is 0 Å². The van der Waals surface area contributed by atoms with E-state index in [1.165, 1.54) is 43.3 Å². The number of aryl methyl sites for hydroxylation is 1. The van der Waals surface area contributed by atoms with Crippen molar-refractivity contribution in [1.82, 2.24) is 4.31 Å². The first-order valence-corrected chi connectivity index (χ1v) is 12.5. The summed E-state index contributed by atoms with van der Waals surface area (Å²) in [7, 11) is -3.48. The molecule has 1 aliphatic heterocycles. The Hall–Kier alpha value is -1.55. The fourth-order valence-electron chi connectivity index (χ4n) is 4.76. The highest BCUT2D eigenvalue weighted by Gasteiger charge is 2.40. The molecule has 1 unspecified atom stereocenters. The number of hydrogen-bond acceptors (Lipinski definition) is 2. The number of unbranched alkanes of at least 4 members (excludes halogenated alkanes) is 3. The van der Waals surface area contributed by atoms with Crippen molar-refractivity contribution in [2.45, 2.75) is 76.5 Å². The first-order chi connectivity index (χ1) is 13.5. The molecule has 1 fully saturated rings. The molecule has 3 aliphatic rings. The van der Waals surface area contributed by atoms with Crippen LogP contribution in [0, 0.1) is 18.8 Å². The molecular weight excluding hydrogens is 366 g/mol. The lowest BCUT2D eigenvalue weighted by Gasteiger charge is -2.29. The molecular formula is C24H33NO2S. The second-order valence-corrected chi connectivity index (χ2v) is 10.7. The van der Waals surface area contributed by atoms with Crippen LogP contribution in [-0.2, 0) is 10.0 Å². The molecule has 4 rings (SSSR count). The molecule has 0 saturated heterocycles. The summed E-state index contributed by atoms with van der Waals surface area (Å²) in [4.78, 5) is 0.418. The molecule has 0 spiro atoms. The maximum absolute atomic E-state index is 13.4. The Morgan fingerprint density at radius 2 is 1.82 bits per heavy atom. The zero-order chi connectivity index (χ0) is 19.7. The van der Waals surface area contributed by atoms with Crippen LogP contribution in [0.3, 0.4) is 0 Å². The van der Waals surface area contributed by atoms with Crippen molar-refractivity contribution >= 4 is 10.0 Å². The SMILES string of the molecule is CCCCCCC1=CC(C2CC2)CC2=C1N(S(=O)(=O)c1ccc(C)cc1)CC2. The molecule has 1 saturated carbocycles. The Morgan fingerprint density at radius 3 is 2.50 bits per heavy atom. The predicted octanol–water partition coefficient (Wildman–Crippen LogP) is 5.97. The van der Waals surface area contributed by atoms with Crippen LogP contribution in [0.15, 0.2) is 52.1 Å². The molecule has 0 aromatic heterocycles. The van der Waals surface area contributed by atoms with E-state index in [1.54, 1.807) is 16.4 Å².